The van der Waals surface area contributed by atoms with Gasteiger partial charge >= 0.3 is 24.1 Å². The van der Waals surface area contributed by atoms with E-state index in [1.807, 2.05) is 27.7 Å². The van der Waals surface area contributed by atoms with Gasteiger partial charge in [0.25, 0.3) is 0 Å². The van der Waals surface area contributed by atoms with Crippen LogP contribution in [0.25, 0.3) is 0 Å². The van der Waals surface area contributed by atoms with Gasteiger partial charge in [-0.1, -0.05) is 34.6 Å². The lowest BCUT2D eigenvalue weighted by Gasteiger charge is -2.50. The average molecular weight is 1010 g/mol. The maximum absolute atomic E-state index is 13.3. The van der Waals surface area contributed by atoms with E-state index in [1.165, 1.54) is 11.1 Å². The van der Waals surface area contributed by atoms with Crippen molar-refractivity contribution in [2.45, 2.75) is 153 Å². The third-order valence-electron chi connectivity index (χ3n) is 13.7. The summed E-state index contributed by atoms with van der Waals surface area (Å²) in [6, 6.07) is 9.31. The number of fused-ring (bicyclic) bond motifs is 5. The summed E-state index contributed by atoms with van der Waals surface area (Å²) in [4.78, 5) is 15.5. The van der Waals surface area contributed by atoms with Crippen molar-refractivity contribution in [2.24, 2.45) is 17.3 Å². The zero-order chi connectivity index (χ0) is 48.5. The van der Waals surface area contributed by atoms with Crippen LogP contribution >= 0.6 is 29.9 Å². The highest BCUT2D eigenvalue weighted by Crippen LogP contribution is 2.62. The predicted octanol–water partition coefficient (Wildman–Crippen LogP) is 11.5. The first kappa shape index (κ1) is 55.2. The normalized spacial score (nSPS) is 25.4. The van der Waals surface area contributed by atoms with Crippen molar-refractivity contribution >= 4 is 35.8 Å². The Morgan fingerprint density at radius 1 is 0.924 bits per heavy atom. The molecule has 1 saturated heterocycles. The molecule has 1 aliphatic heterocycles. The summed E-state index contributed by atoms with van der Waals surface area (Å²) in [6.45, 7) is 10.9. The molecule has 2 saturated carbocycles. The fraction of sp³-hybridized carbons (Fsp3) is 0.822. The Bertz CT molecular complexity index is 1710. The smallest absolute Gasteiger partial charge is 0.435 e. The van der Waals surface area contributed by atoms with Crippen molar-refractivity contribution < 1.29 is 63.0 Å². The van der Waals surface area contributed by atoms with Crippen molar-refractivity contribution in [1.29, 1.82) is 5.26 Å². The van der Waals surface area contributed by atoms with Crippen molar-refractivity contribution in [3.8, 4) is 11.8 Å². The quantitative estimate of drug-likeness (QED) is 0.0494. The predicted molar refractivity (Wildman–Crippen MR) is 240 cm³/mol. The number of aryl methyl sites for hydroxylation is 1. The minimum absolute atomic E-state index is 0.0633. The van der Waals surface area contributed by atoms with E-state index in [0.717, 1.165) is 68.4 Å². The highest BCUT2D eigenvalue weighted by molar-refractivity contribution is 8.76. The van der Waals surface area contributed by atoms with E-state index >= 15 is 0 Å². The molecule has 0 aromatic heterocycles. The summed E-state index contributed by atoms with van der Waals surface area (Å²) < 4.78 is 144. The van der Waals surface area contributed by atoms with Gasteiger partial charge < -0.3 is 24.1 Å². The molecular formula is C45H66F9N4O5PS2. The molecule has 1 aromatic carbocycles. The third-order valence-corrected chi connectivity index (χ3v) is 18.9. The molecule has 1 N–H and O–H groups in total. The number of alkyl halides is 9. The van der Waals surface area contributed by atoms with Crippen molar-refractivity contribution in [2.75, 3.05) is 63.7 Å². The molecule has 3 aliphatic carbocycles. The molecule has 3 fully saturated rings. The molecular weight excluding hydrogens is 943 g/mol. The second kappa shape index (κ2) is 23.9. The van der Waals surface area contributed by atoms with Gasteiger partial charge in [-0.2, -0.15) is 44.8 Å². The van der Waals surface area contributed by atoms with Crippen molar-refractivity contribution in [3.05, 3.63) is 29.3 Å². The fourth-order valence-corrected chi connectivity index (χ4v) is 15.5. The Kier molecular flexibility index (Phi) is 20.0. The first-order valence-corrected chi connectivity index (χ1v) is 27.0. The maximum Gasteiger partial charge on any atom is 0.435 e. The number of halogens is 9. The monoisotopic (exact) mass is 1010 g/mol. The second-order valence-electron chi connectivity index (χ2n) is 18.6. The van der Waals surface area contributed by atoms with Gasteiger partial charge in [0.05, 0.1) is 31.9 Å². The number of hydrogen-bond donors (Lipinski definition) is 1. The van der Waals surface area contributed by atoms with Gasteiger partial charge in [-0.25, -0.2) is 0 Å². The summed E-state index contributed by atoms with van der Waals surface area (Å²) in [7, 11) is 2.76. The van der Waals surface area contributed by atoms with Crippen LogP contribution in [0.5, 0.6) is 5.75 Å². The van der Waals surface area contributed by atoms with E-state index in [4.69, 9.17) is 19.3 Å². The number of amides is 1. The number of unbranched alkanes of at least 4 members (excludes halogenated alkanes) is 1. The lowest BCUT2D eigenvalue weighted by atomic mass is 9.55. The van der Waals surface area contributed by atoms with Crippen LogP contribution in [0, 0.1) is 28.6 Å². The van der Waals surface area contributed by atoms with Crippen molar-refractivity contribution in [1.82, 2.24) is 14.9 Å². The van der Waals surface area contributed by atoms with Gasteiger partial charge in [-0.05, 0) is 132 Å². The van der Waals surface area contributed by atoms with Gasteiger partial charge in [-0.3, -0.25) is 14.4 Å². The fourth-order valence-electron chi connectivity index (χ4n) is 10.8. The van der Waals surface area contributed by atoms with E-state index in [1.54, 1.807) is 0 Å². The van der Waals surface area contributed by atoms with Gasteiger partial charge in [0.2, 0.25) is 5.91 Å². The van der Waals surface area contributed by atoms with Crippen LogP contribution in [0.15, 0.2) is 18.2 Å². The van der Waals surface area contributed by atoms with E-state index < -0.39 is 45.5 Å². The SMILES string of the molecule is CC(C)N(C(C)C)P(CCCC#N)OCCNC(=O)CN(CCOc1ccc2c(c1)CCC1[C@@H]2CC[C@]2(C)[C@@H](OCCCOC(C(F)(F)F)(C(F)(F)F)C(F)(F)F)CC[C@@H]12)[C@H]1CCSSC1. The lowest BCUT2D eigenvalue weighted by Crippen LogP contribution is -2.67. The number of carbonyl (C=O) groups is 1. The maximum atomic E-state index is 13.3. The number of benzene rings is 1. The second-order valence-corrected chi connectivity index (χ2v) is 23.1. The Balaban J connectivity index is 1.10. The molecule has 21 heteroatoms. The molecule has 5 rings (SSSR count). The highest BCUT2D eigenvalue weighted by atomic mass is 33.1. The number of carbonyl (C=O) groups excluding carboxylic acids is 1. The first-order valence-electron chi connectivity index (χ1n) is 23.1. The molecule has 0 spiro atoms. The number of rotatable bonds is 23. The number of hydrogen-bond acceptors (Lipinski definition) is 10. The molecule has 2 unspecified atom stereocenters. The Morgan fingerprint density at radius 3 is 2.27 bits per heavy atom. The topological polar surface area (TPSA) is 96.3 Å². The van der Waals surface area contributed by atoms with E-state index in [-0.39, 0.29) is 42.5 Å². The first-order chi connectivity index (χ1) is 31.1. The zero-order valence-electron chi connectivity index (χ0n) is 38.5. The van der Waals surface area contributed by atoms with Crippen molar-refractivity contribution in [3.63, 3.8) is 0 Å². The number of ether oxygens (including phenoxy) is 3. The summed E-state index contributed by atoms with van der Waals surface area (Å²) in [6.07, 6.45) is -13.3. The minimum atomic E-state index is -6.76. The van der Waals surface area contributed by atoms with E-state index in [0.29, 0.717) is 63.1 Å². The highest BCUT2D eigenvalue weighted by Gasteiger charge is 2.85. The molecule has 4 aliphatic rings. The minimum Gasteiger partial charge on any atom is -0.492 e. The molecule has 1 amide bonds. The number of nitriles is 1. The van der Waals surface area contributed by atoms with Gasteiger partial charge in [0.15, 0.2) is 0 Å². The summed E-state index contributed by atoms with van der Waals surface area (Å²) >= 11 is 0. The standard InChI is InChI=1S/C45H66F9N4O5PS2/c1-30(2)58(31(3)4)64(25-7-6-18-55)63-23-19-56-40(59)28-57(33-16-26-65-66-29-33)20-24-60-34-10-12-35-32(27-34)9-11-37-36(35)15-17-41(5)38(37)13-14-39(41)61-21-8-22-62-42(43(46,47)48,44(49,50)51)45(52,53)54/h10,12,27,30-31,33,36-39H,6-9,11,13-17,19-26,28-29H2,1-5H3,(H,56,59)/t33-,36+,37?,38-,39-,41-,64?/m0/s1. The van der Waals surface area contributed by atoms with Gasteiger partial charge in [-0.15, -0.1) is 0 Å². The van der Waals surface area contributed by atoms with Crippen LogP contribution in [-0.4, -0.2) is 128 Å². The van der Waals surface area contributed by atoms with Gasteiger partial charge in [0.1, 0.15) is 20.7 Å². The molecule has 376 valence electrons. The van der Waals surface area contributed by atoms with Crippen LogP contribution < -0.4 is 10.1 Å². The van der Waals surface area contributed by atoms with Gasteiger partial charge in [0, 0.05) is 61.9 Å². The average Bonchev–Trinajstić information content (AvgIpc) is 3.57. The number of nitrogens with one attached hydrogen (secondary N) is 1. The summed E-state index contributed by atoms with van der Waals surface area (Å²) in [5.74, 6) is 3.53. The molecule has 1 heterocycles. The number of nitrogens with zero attached hydrogens (tertiary/aromatic N) is 3. The third kappa shape index (κ3) is 13.2. The molecule has 9 nitrogen and oxygen atoms in total. The van der Waals surface area contributed by atoms with Crippen LogP contribution in [0.3, 0.4) is 0 Å². The Hall–Kier alpha value is -1.72. The van der Waals surface area contributed by atoms with Crippen LogP contribution in [0.4, 0.5) is 39.5 Å². The molecule has 0 bridgehead atoms. The Labute approximate surface area is 392 Å². The lowest BCUT2D eigenvalue weighted by molar-refractivity contribution is -0.457. The summed E-state index contributed by atoms with van der Waals surface area (Å²) in [5, 5.41) is 12.1. The molecule has 0 radical (unpaired) electrons. The Morgan fingerprint density at radius 2 is 1.64 bits per heavy atom. The summed E-state index contributed by atoms with van der Waals surface area (Å²) in [5.41, 5.74) is -4.07. The van der Waals surface area contributed by atoms with Crippen LogP contribution in [0.1, 0.15) is 109 Å². The molecule has 7 atom stereocenters. The van der Waals surface area contributed by atoms with Crippen LogP contribution in [-0.2, 0) is 25.2 Å². The van der Waals surface area contributed by atoms with E-state index in [2.05, 4.69) is 72.4 Å². The molecule has 1 aromatic rings. The van der Waals surface area contributed by atoms with E-state index in [9.17, 15) is 44.3 Å². The molecule has 66 heavy (non-hydrogen) atoms. The van der Waals surface area contributed by atoms with Crippen LogP contribution in [0.2, 0.25) is 0 Å². The largest absolute Gasteiger partial charge is 0.492 e. The zero-order valence-corrected chi connectivity index (χ0v) is 41.0.